The molecule has 0 aliphatic carbocycles. The van der Waals surface area contributed by atoms with Gasteiger partial charge < -0.3 is 5.32 Å². The van der Waals surface area contributed by atoms with E-state index in [-0.39, 0.29) is 17.3 Å². The number of likely N-dealkylation sites (N-methyl/N-ethyl adjacent to an activating group) is 1. The van der Waals surface area contributed by atoms with E-state index in [0.717, 1.165) is 22.0 Å². The van der Waals surface area contributed by atoms with Crippen LogP contribution in [0.2, 0.25) is 0 Å². The average Bonchev–Trinajstić information content (AvgIpc) is 2.65. The molecule has 0 spiro atoms. The summed E-state index contributed by atoms with van der Waals surface area (Å²) in [6.07, 6.45) is 3.61. The predicted octanol–water partition coefficient (Wildman–Crippen LogP) is 3.09. The molecule has 2 rings (SSSR count). The Morgan fingerprint density at radius 2 is 1.85 bits per heavy atom. The van der Waals surface area contributed by atoms with Crippen LogP contribution in [0.3, 0.4) is 0 Å². The van der Waals surface area contributed by atoms with Crippen molar-refractivity contribution in [1.82, 2.24) is 9.62 Å². The van der Waals surface area contributed by atoms with Gasteiger partial charge in [-0.2, -0.15) is 4.31 Å². The van der Waals surface area contributed by atoms with Gasteiger partial charge >= 0.3 is 0 Å². The zero-order valence-electron chi connectivity index (χ0n) is 15.9. The molecule has 0 saturated heterocycles. The number of nitrogens with one attached hydrogen (secondary N) is 1. The summed E-state index contributed by atoms with van der Waals surface area (Å²) in [6, 6.07) is 14.9. The Balaban J connectivity index is 1.81. The van der Waals surface area contributed by atoms with Crippen LogP contribution in [0.1, 0.15) is 17.5 Å². The third-order valence-electron chi connectivity index (χ3n) is 4.18. The molecule has 5 nitrogen and oxygen atoms in total. The van der Waals surface area contributed by atoms with Gasteiger partial charge in [-0.15, -0.1) is 11.8 Å². The SMILES string of the molecule is CSc1ccc(S(=O)(=O)N(C)CC(=O)NCCCc2cccc(C)c2)cc1. The molecule has 27 heavy (non-hydrogen) atoms. The molecule has 7 heteroatoms. The van der Waals surface area contributed by atoms with Crippen LogP contribution in [0, 0.1) is 6.92 Å². The Morgan fingerprint density at radius 1 is 1.15 bits per heavy atom. The summed E-state index contributed by atoms with van der Waals surface area (Å²) in [5, 5.41) is 2.79. The maximum Gasteiger partial charge on any atom is 0.243 e. The van der Waals surface area contributed by atoms with E-state index in [4.69, 9.17) is 0 Å². The molecule has 146 valence electrons. The summed E-state index contributed by atoms with van der Waals surface area (Å²) < 4.78 is 26.2. The molecular weight excluding hydrogens is 380 g/mol. The number of hydrogen-bond acceptors (Lipinski definition) is 4. The second-order valence-corrected chi connectivity index (χ2v) is 9.30. The Bertz CT molecular complexity index is 865. The van der Waals surface area contributed by atoms with Crippen molar-refractivity contribution in [3.63, 3.8) is 0 Å². The number of nitrogens with zero attached hydrogens (tertiary/aromatic N) is 1. The molecule has 0 radical (unpaired) electrons. The fraction of sp³-hybridized carbons (Fsp3) is 0.350. The van der Waals surface area contributed by atoms with Crippen LogP contribution in [-0.4, -0.2) is 45.0 Å². The average molecular weight is 407 g/mol. The van der Waals surface area contributed by atoms with Gasteiger partial charge in [-0.25, -0.2) is 8.42 Å². The summed E-state index contributed by atoms with van der Waals surface area (Å²) in [7, 11) is -2.25. The highest BCUT2D eigenvalue weighted by Gasteiger charge is 2.22. The summed E-state index contributed by atoms with van der Waals surface area (Å²) >= 11 is 1.54. The molecule has 0 bridgehead atoms. The molecule has 2 aromatic rings. The highest BCUT2D eigenvalue weighted by atomic mass is 32.2. The Kier molecular flexibility index (Phi) is 7.89. The van der Waals surface area contributed by atoms with E-state index < -0.39 is 10.0 Å². The second kappa shape index (κ2) is 9.92. The first-order valence-electron chi connectivity index (χ1n) is 8.75. The number of amides is 1. The fourth-order valence-corrected chi connectivity index (χ4v) is 4.19. The lowest BCUT2D eigenvalue weighted by atomic mass is 10.1. The lowest BCUT2D eigenvalue weighted by Crippen LogP contribution is -2.38. The van der Waals surface area contributed by atoms with Crippen LogP contribution >= 0.6 is 11.8 Å². The van der Waals surface area contributed by atoms with Crippen LogP contribution in [-0.2, 0) is 21.2 Å². The number of aryl methyl sites for hydroxylation is 2. The smallest absolute Gasteiger partial charge is 0.243 e. The largest absolute Gasteiger partial charge is 0.355 e. The van der Waals surface area contributed by atoms with Crippen molar-refractivity contribution < 1.29 is 13.2 Å². The standard InChI is InChI=1S/C20H26N2O3S2/c1-16-6-4-7-17(14-16)8-5-13-21-20(23)15-22(2)27(24,25)19-11-9-18(26-3)10-12-19/h4,6-7,9-12,14H,5,8,13,15H2,1-3H3,(H,21,23). The van der Waals surface area contributed by atoms with Crippen LogP contribution < -0.4 is 5.32 Å². The normalized spacial score (nSPS) is 11.6. The molecule has 2 aromatic carbocycles. The molecule has 0 atom stereocenters. The van der Waals surface area contributed by atoms with Gasteiger partial charge in [0.1, 0.15) is 0 Å². The number of carbonyl (C=O) groups excluding carboxylic acids is 1. The minimum atomic E-state index is -3.67. The third-order valence-corrected chi connectivity index (χ3v) is 6.74. The van der Waals surface area contributed by atoms with Crippen LogP contribution in [0.25, 0.3) is 0 Å². The molecule has 1 N–H and O–H groups in total. The van der Waals surface area contributed by atoms with E-state index in [0.29, 0.717) is 6.54 Å². The zero-order valence-corrected chi connectivity index (χ0v) is 17.6. The quantitative estimate of drug-likeness (QED) is 0.513. The Hall–Kier alpha value is -1.83. The monoisotopic (exact) mass is 406 g/mol. The number of rotatable bonds is 9. The van der Waals surface area contributed by atoms with E-state index >= 15 is 0 Å². The van der Waals surface area contributed by atoms with Gasteiger partial charge in [-0.3, -0.25) is 4.79 Å². The number of sulfonamides is 1. The first-order chi connectivity index (χ1) is 12.8. The van der Waals surface area contributed by atoms with E-state index in [9.17, 15) is 13.2 Å². The first kappa shape index (κ1) is 21.5. The van der Waals surface area contributed by atoms with Crippen molar-refractivity contribution in [3.05, 3.63) is 59.7 Å². The number of hydrogen-bond donors (Lipinski definition) is 1. The maximum atomic E-state index is 12.6. The van der Waals surface area contributed by atoms with Gasteiger partial charge in [0.05, 0.1) is 11.4 Å². The highest BCUT2D eigenvalue weighted by Crippen LogP contribution is 2.19. The van der Waals surface area contributed by atoms with E-state index in [2.05, 4.69) is 30.4 Å². The number of carbonyl (C=O) groups is 1. The molecule has 0 aliphatic heterocycles. The summed E-state index contributed by atoms with van der Waals surface area (Å²) in [5.74, 6) is -0.300. The first-order valence-corrected chi connectivity index (χ1v) is 11.4. The van der Waals surface area contributed by atoms with Crippen molar-refractivity contribution in [3.8, 4) is 0 Å². The van der Waals surface area contributed by atoms with Crippen molar-refractivity contribution in [2.24, 2.45) is 0 Å². The summed E-state index contributed by atoms with van der Waals surface area (Å²) in [4.78, 5) is 13.3. The molecule has 0 fully saturated rings. The molecular formula is C20H26N2O3S2. The minimum Gasteiger partial charge on any atom is -0.355 e. The van der Waals surface area contributed by atoms with E-state index in [1.807, 2.05) is 12.3 Å². The molecule has 0 heterocycles. The second-order valence-electron chi connectivity index (χ2n) is 6.38. The van der Waals surface area contributed by atoms with Gasteiger partial charge in [-0.1, -0.05) is 29.8 Å². The molecule has 0 saturated carbocycles. The minimum absolute atomic E-state index is 0.190. The highest BCUT2D eigenvalue weighted by molar-refractivity contribution is 7.98. The Morgan fingerprint density at radius 3 is 2.48 bits per heavy atom. The van der Waals surface area contributed by atoms with Crippen molar-refractivity contribution >= 4 is 27.7 Å². The van der Waals surface area contributed by atoms with Gasteiger partial charge in [0.2, 0.25) is 15.9 Å². The van der Waals surface area contributed by atoms with Crippen LogP contribution in [0.4, 0.5) is 0 Å². The maximum absolute atomic E-state index is 12.6. The van der Waals surface area contributed by atoms with Gasteiger partial charge in [0, 0.05) is 18.5 Å². The topological polar surface area (TPSA) is 66.5 Å². The van der Waals surface area contributed by atoms with Gasteiger partial charge in [0.25, 0.3) is 0 Å². The number of benzene rings is 2. The number of thioether (sulfide) groups is 1. The van der Waals surface area contributed by atoms with Gasteiger partial charge in [-0.05, 0) is 55.9 Å². The van der Waals surface area contributed by atoms with Crippen molar-refractivity contribution in [2.75, 3.05) is 26.4 Å². The third kappa shape index (κ3) is 6.37. The lowest BCUT2D eigenvalue weighted by molar-refractivity contribution is -0.121. The predicted molar refractivity (Wildman–Crippen MR) is 111 cm³/mol. The fourth-order valence-electron chi connectivity index (χ4n) is 2.66. The van der Waals surface area contributed by atoms with E-state index in [1.54, 1.807) is 36.0 Å². The lowest BCUT2D eigenvalue weighted by Gasteiger charge is -2.17. The molecule has 0 unspecified atom stereocenters. The molecule has 0 aliphatic rings. The van der Waals surface area contributed by atoms with Crippen molar-refractivity contribution in [1.29, 1.82) is 0 Å². The summed E-state index contributed by atoms with van der Waals surface area (Å²) in [6.45, 7) is 2.37. The Labute approximate surface area is 166 Å². The summed E-state index contributed by atoms with van der Waals surface area (Å²) in [5.41, 5.74) is 2.45. The van der Waals surface area contributed by atoms with Crippen LogP contribution in [0.5, 0.6) is 0 Å². The van der Waals surface area contributed by atoms with E-state index in [1.165, 1.54) is 18.2 Å². The zero-order chi connectivity index (χ0) is 19.9. The van der Waals surface area contributed by atoms with Crippen molar-refractivity contribution in [2.45, 2.75) is 29.6 Å². The van der Waals surface area contributed by atoms with Gasteiger partial charge in [0.15, 0.2) is 0 Å². The van der Waals surface area contributed by atoms with Crippen LogP contribution in [0.15, 0.2) is 58.3 Å². The molecule has 1 amide bonds. The molecule has 0 aromatic heterocycles.